The van der Waals surface area contributed by atoms with Crippen LogP contribution in [0.4, 0.5) is 0 Å². The van der Waals surface area contributed by atoms with Gasteiger partial charge in [-0.2, -0.15) is 0 Å². The lowest BCUT2D eigenvalue weighted by molar-refractivity contribution is -0.870. The highest BCUT2D eigenvalue weighted by Gasteiger charge is 2.25. The SMILES string of the molecule is CCCCCCC/C=C\C/C=C\CCCCCCCCCCCCCCCCCCCCCCCCCCCC(=O)OC(COC(=O)CCCCCCCCCCCCCCCCCCC/C=C\CCCCCCCCCC)COC(OCC[N+](C)(C)C)C(=O)O. The maximum absolute atomic E-state index is 13.0. The zero-order valence-corrected chi connectivity index (χ0v) is 61.5. The maximum atomic E-state index is 13.0. The topological polar surface area (TPSA) is 108 Å². The van der Waals surface area contributed by atoms with Gasteiger partial charge in [0, 0.05) is 12.8 Å². The normalized spacial score (nSPS) is 12.8. The molecule has 0 radical (unpaired) electrons. The van der Waals surface area contributed by atoms with Gasteiger partial charge in [-0.05, 0) is 70.6 Å². The van der Waals surface area contributed by atoms with Crippen molar-refractivity contribution in [1.82, 2.24) is 0 Å². The summed E-state index contributed by atoms with van der Waals surface area (Å²) < 4.78 is 23.1. The molecule has 0 saturated heterocycles. The van der Waals surface area contributed by atoms with E-state index in [0.717, 1.165) is 44.9 Å². The summed E-state index contributed by atoms with van der Waals surface area (Å²) in [5, 5.41) is 9.77. The molecule has 0 rings (SSSR count). The van der Waals surface area contributed by atoms with E-state index in [9.17, 15) is 19.5 Å². The average Bonchev–Trinajstić information content (AvgIpc) is 3.50. The van der Waals surface area contributed by atoms with Crippen LogP contribution >= 0.6 is 0 Å². The lowest BCUT2D eigenvalue weighted by Gasteiger charge is -2.25. The molecule has 9 heteroatoms. The molecule has 0 spiro atoms. The molecule has 1 N–H and O–H groups in total. The fourth-order valence-corrected chi connectivity index (χ4v) is 12.2. The molecular formula is C82H156NO8+. The number of esters is 2. The molecular weight excluding hydrogens is 1130 g/mol. The minimum absolute atomic E-state index is 0.175. The number of nitrogens with zero attached hydrogens (tertiary/aromatic N) is 1. The third-order valence-electron chi connectivity index (χ3n) is 18.4. The Kier molecular flexibility index (Phi) is 71.3. The summed E-state index contributed by atoms with van der Waals surface area (Å²) in [6.07, 6.45) is 91.6. The van der Waals surface area contributed by atoms with Crippen LogP contribution in [0.1, 0.15) is 412 Å². The van der Waals surface area contributed by atoms with Crippen LogP contribution in [0.5, 0.6) is 0 Å². The lowest BCUT2D eigenvalue weighted by atomic mass is 10.0. The van der Waals surface area contributed by atoms with Crippen LogP contribution in [0.15, 0.2) is 36.5 Å². The van der Waals surface area contributed by atoms with Gasteiger partial charge in [0.2, 0.25) is 0 Å². The highest BCUT2D eigenvalue weighted by atomic mass is 16.7. The molecule has 0 amide bonds. The first kappa shape index (κ1) is 88.5. The second kappa shape index (κ2) is 73.3. The van der Waals surface area contributed by atoms with Crippen LogP contribution in [0.3, 0.4) is 0 Å². The number of carboxylic acids is 1. The number of carbonyl (C=O) groups excluding carboxylic acids is 2. The Bertz CT molecular complexity index is 1590. The van der Waals surface area contributed by atoms with Crippen molar-refractivity contribution in [1.29, 1.82) is 0 Å². The van der Waals surface area contributed by atoms with Crippen molar-refractivity contribution in [2.45, 2.75) is 424 Å². The highest BCUT2D eigenvalue weighted by molar-refractivity contribution is 5.71. The molecule has 2 atom stereocenters. The van der Waals surface area contributed by atoms with E-state index in [1.165, 1.54) is 340 Å². The number of quaternary nitrogens is 1. The number of aliphatic carboxylic acids is 1. The molecule has 0 bridgehead atoms. The van der Waals surface area contributed by atoms with E-state index in [1.807, 2.05) is 21.1 Å². The molecule has 91 heavy (non-hydrogen) atoms. The number of hydrogen-bond donors (Lipinski definition) is 1. The second-order valence-corrected chi connectivity index (χ2v) is 28.7. The van der Waals surface area contributed by atoms with Crippen LogP contribution in [-0.2, 0) is 33.3 Å². The standard InChI is InChI=1S/C82H155NO8/c1-6-8-10-12-14-16-18-20-22-24-26-28-30-32-34-36-37-38-39-40-41-42-43-45-47-49-51-53-55-57-59-61-63-65-67-69-71-73-80(85)91-78(77-90-82(81(86)87)88-75-74-83(3,4)5)76-89-79(84)72-70-68-66-64-62-60-58-56-54-52-50-48-46-44-35-33-31-29-27-25-23-21-19-17-15-13-11-9-7-2/h18,20,24-27,78,82H,6-17,19,21-23,28-77H2,1-5H3/p+1/b20-18-,26-24-,27-25-. The number of hydrogen-bond acceptors (Lipinski definition) is 7. The van der Waals surface area contributed by atoms with E-state index in [4.69, 9.17) is 18.9 Å². The summed E-state index contributed by atoms with van der Waals surface area (Å²) in [5.41, 5.74) is 0. The number of carbonyl (C=O) groups is 3. The number of likely N-dealkylation sites (N-methyl/N-ethyl adjacent to an activating group) is 1. The van der Waals surface area contributed by atoms with Gasteiger partial charge in [-0.1, -0.05) is 365 Å². The summed E-state index contributed by atoms with van der Waals surface area (Å²) in [5.74, 6) is -1.97. The van der Waals surface area contributed by atoms with Crippen LogP contribution in [0.25, 0.3) is 0 Å². The molecule has 0 saturated carbocycles. The van der Waals surface area contributed by atoms with E-state index in [2.05, 4.69) is 50.3 Å². The summed E-state index contributed by atoms with van der Waals surface area (Å²) in [6.45, 7) is 4.95. The van der Waals surface area contributed by atoms with Crippen molar-refractivity contribution in [3.05, 3.63) is 36.5 Å². The molecule has 0 aromatic carbocycles. The largest absolute Gasteiger partial charge is 0.477 e. The Morgan fingerprint density at radius 1 is 0.330 bits per heavy atom. The van der Waals surface area contributed by atoms with Gasteiger partial charge in [0.25, 0.3) is 6.29 Å². The molecule has 0 fully saturated rings. The van der Waals surface area contributed by atoms with Gasteiger partial charge in [0.1, 0.15) is 13.2 Å². The number of rotatable bonds is 76. The van der Waals surface area contributed by atoms with Crippen LogP contribution in [-0.4, -0.2) is 87.4 Å². The summed E-state index contributed by atoms with van der Waals surface area (Å²) in [7, 11) is 6.00. The molecule has 0 aromatic heterocycles. The van der Waals surface area contributed by atoms with Crippen molar-refractivity contribution < 1.29 is 42.9 Å². The molecule has 0 aromatic rings. The quantitative estimate of drug-likeness (QED) is 0.0211. The fraction of sp³-hybridized carbons (Fsp3) is 0.890. The summed E-state index contributed by atoms with van der Waals surface area (Å²) in [4.78, 5) is 37.7. The first-order chi connectivity index (χ1) is 44.6. The molecule has 536 valence electrons. The van der Waals surface area contributed by atoms with E-state index in [1.54, 1.807) is 0 Å². The van der Waals surface area contributed by atoms with Crippen LogP contribution < -0.4 is 0 Å². The second-order valence-electron chi connectivity index (χ2n) is 28.7. The fourth-order valence-electron chi connectivity index (χ4n) is 12.2. The van der Waals surface area contributed by atoms with Gasteiger partial charge in [-0.3, -0.25) is 9.59 Å². The zero-order chi connectivity index (χ0) is 66.1. The van der Waals surface area contributed by atoms with Crippen molar-refractivity contribution >= 4 is 17.9 Å². The van der Waals surface area contributed by atoms with E-state index < -0.39 is 18.4 Å². The predicted octanol–water partition coefficient (Wildman–Crippen LogP) is 25.5. The van der Waals surface area contributed by atoms with Gasteiger partial charge in [0.15, 0.2) is 6.10 Å². The number of carboxylic acid groups (broad SMARTS) is 1. The molecule has 0 aliphatic rings. The van der Waals surface area contributed by atoms with Gasteiger partial charge in [-0.25, -0.2) is 4.79 Å². The lowest BCUT2D eigenvalue weighted by Crippen LogP contribution is -2.40. The van der Waals surface area contributed by atoms with Gasteiger partial charge < -0.3 is 28.5 Å². The minimum Gasteiger partial charge on any atom is -0.477 e. The minimum atomic E-state index is -1.51. The third kappa shape index (κ3) is 74.8. The first-order valence-electron chi connectivity index (χ1n) is 40.2. The summed E-state index contributed by atoms with van der Waals surface area (Å²) in [6, 6.07) is 0. The average molecular weight is 1280 g/mol. The van der Waals surface area contributed by atoms with Crippen molar-refractivity contribution in [3.8, 4) is 0 Å². The Labute approximate surface area is 566 Å². The van der Waals surface area contributed by atoms with E-state index >= 15 is 0 Å². The summed E-state index contributed by atoms with van der Waals surface area (Å²) >= 11 is 0. The smallest absolute Gasteiger partial charge is 0.361 e. The highest BCUT2D eigenvalue weighted by Crippen LogP contribution is 2.20. The van der Waals surface area contributed by atoms with Crippen LogP contribution in [0, 0.1) is 0 Å². The molecule has 0 aliphatic carbocycles. The maximum Gasteiger partial charge on any atom is 0.361 e. The van der Waals surface area contributed by atoms with Gasteiger partial charge in [-0.15, -0.1) is 0 Å². The number of unbranched alkanes of at least 4 members (excludes halogenated alkanes) is 55. The van der Waals surface area contributed by atoms with Crippen molar-refractivity contribution in [2.24, 2.45) is 0 Å². The Morgan fingerprint density at radius 2 is 0.593 bits per heavy atom. The number of allylic oxidation sites excluding steroid dienone is 6. The van der Waals surface area contributed by atoms with Crippen molar-refractivity contribution in [3.63, 3.8) is 0 Å². The molecule has 2 unspecified atom stereocenters. The Balaban J connectivity index is 3.96. The number of ether oxygens (including phenoxy) is 4. The van der Waals surface area contributed by atoms with Gasteiger partial charge >= 0.3 is 17.9 Å². The Hall–Kier alpha value is -2.49. The zero-order valence-electron chi connectivity index (χ0n) is 61.5. The molecule has 9 nitrogen and oxygen atoms in total. The van der Waals surface area contributed by atoms with E-state index in [0.29, 0.717) is 17.4 Å². The molecule has 0 heterocycles. The van der Waals surface area contributed by atoms with Crippen LogP contribution in [0.2, 0.25) is 0 Å². The van der Waals surface area contributed by atoms with Gasteiger partial charge in [0.05, 0.1) is 34.4 Å². The van der Waals surface area contributed by atoms with Crippen molar-refractivity contribution in [2.75, 3.05) is 47.5 Å². The molecule has 0 aliphatic heterocycles. The third-order valence-corrected chi connectivity index (χ3v) is 18.4. The monoisotopic (exact) mass is 1280 g/mol. The first-order valence-corrected chi connectivity index (χ1v) is 40.2. The Morgan fingerprint density at radius 3 is 0.879 bits per heavy atom. The van der Waals surface area contributed by atoms with E-state index in [-0.39, 0.29) is 38.2 Å². The predicted molar refractivity (Wildman–Crippen MR) is 392 cm³/mol.